The largest absolute Gasteiger partial charge is 0.346 e. The zero-order valence-electron chi connectivity index (χ0n) is 16.9. The molecule has 7 heteroatoms. The average molecular weight is 431 g/mol. The first-order chi connectivity index (χ1) is 13.8. The lowest BCUT2D eigenvalue weighted by molar-refractivity contribution is 0.0947. The van der Waals surface area contributed by atoms with Crippen LogP contribution in [0.2, 0.25) is 10.0 Å². The van der Waals surface area contributed by atoms with Gasteiger partial charge >= 0.3 is 0 Å². The Kier molecular flexibility index (Phi) is 6.60. The van der Waals surface area contributed by atoms with Crippen molar-refractivity contribution < 1.29 is 4.79 Å². The van der Waals surface area contributed by atoms with Gasteiger partial charge in [0.1, 0.15) is 0 Å². The summed E-state index contributed by atoms with van der Waals surface area (Å²) in [6, 6.07) is 11.0. The van der Waals surface area contributed by atoms with Crippen LogP contribution in [0.4, 0.5) is 0 Å². The van der Waals surface area contributed by atoms with Crippen LogP contribution < -0.4 is 5.32 Å². The average Bonchev–Trinajstić information content (AvgIpc) is 3.10. The summed E-state index contributed by atoms with van der Waals surface area (Å²) in [6.07, 6.45) is 1.71. The van der Waals surface area contributed by atoms with Gasteiger partial charge in [-0.3, -0.25) is 9.78 Å². The number of rotatable bonds is 6. The monoisotopic (exact) mass is 430 g/mol. The highest BCUT2D eigenvalue weighted by molar-refractivity contribution is 6.42. The Morgan fingerprint density at radius 2 is 1.83 bits per heavy atom. The molecule has 0 saturated carbocycles. The number of halogens is 2. The summed E-state index contributed by atoms with van der Waals surface area (Å²) in [7, 11) is 0. The fourth-order valence-electron chi connectivity index (χ4n) is 3.19. The first-order valence-corrected chi connectivity index (χ1v) is 10.3. The van der Waals surface area contributed by atoms with E-state index in [2.05, 4.69) is 10.3 Å². The number of aromatic nitrogens is 3. The van der Waals surface area contributed by atoms with E-state index in [-0.39, 0.29) is 17.7 Å². The fourth-order valence-corrected chi connectivity index (χ4v) is 3.49. The normalized spacial score (nSPS) is 11.3. The molecule has 3 aromatic rings. The van der Waals surface area contributed by atoms with Crippen molar-refractivity contribution in [1.82, 2.24) is 20.1 Å². The summed E-state index contributed by atoms with van der Waals surface area (Å²) in [4.78, 5) is 17.5. The van der Waals surface area contributed by atoms with Crippen molar-refractivity contribution in [2.24, 2.45) is 0 Å². The van der Waals surface area contributed by atoms with E-state index in [0.29, 0.717) is 22.2 Å². The fraction of sp³-hybridized carbons (Fsp3) is 0.318. The van der Waals surface area contributed by atoms with E-state index in [4.69, 9.17) is 28.3 Å². The number of benzene rings is 1. The molecule has 152 valence electrons. The number of hydrogen-bond acceptors (Lipinski definition) is 3. The van der Waals surface area contributed by atoms with Crippen LogP contribution in [0.25, 0.3) is 5.69 Å². The minimum Gasteiger partial charge on any atom is -0.346 e. The molecule has 0 aliphatic heterocycles. The van der Waals surface area contributed by atoms with Gasteiger partial charge in [0.05, 0.1) is 44.9 Å². The highest BCUT2D eigenvalue weighted by Gasteiger charge is 2.27. The minimum atomic E-state index is -0.158. The molecule has 29 heavy (non-hydrogen) atoms. The van der Waals surface area contributed by atoms with Gasteiger partial charge in [0.2, 0.25) is 0 Å². The Labute approximate surface area is 181 Å². The molecule has 1 N–H and O–H groups in total. The van der Waals surface area contributed by atoms with Crippen LogP contribution in [0.15, 0.2) is 42.6 Å². The minimum absolute atomic E-state index is 0.0695. The van der Waals surface area contributed by atoms with Crippen LogP contribution in [0.3, 0.4) is 0 Å². The third-order valence-corrected chi connectivity index (χ3v) is 5.31. The molecule has 0 unspecified atom stereocenters. The SMILES string of the molecule is CC(C)c1nn(-c2ccc(Cl)c(Cl)c2)c(C(C)C)c1C(=O)NCc1ccccn1. The summed E-state index contributed by atoms with van der Waals surface area (Å²) in [5.41, 5.74) is 3.77. The first kappa shape index (κ1) is 21.3. The summed E-state index contributed by atoms with van der Waals surface area (Å²) in [5, 5.41) is 8.70. The molecule has 2 aromatic heterocycles. The van der Waals surface area contributed by atoms with E-state index in [1.54, 1.807) is 23.0 Å². The maximum atomic E-state index is 13.2. The van der Waals surface area contributed by atoms with Crippen LogP contribution >= 0.6 is 23.2 Å². The molecule has 0 saturated heterocycles. The van der Waals surface area contributed by atoms with E-state index in [9.17, 15) is 4.79 Å². The Balaban J connectivity index is 2.05. The molecule has 0 aliphatic rings. The maximum absolute atomic E-state index is 13.2. The van der Waals surface area contributed by atoms with E-state index in [1.807, 2.05) is 52.0 Å². The molecule has 0 spiro atoms. The number of nitrogens with one attached hydrogen (secondary N) is 1. The lowest BCUT2D eigenvalue weighted by Gasteiger charge is -2.14. The lowest BCUT2D eigenvalue weighted by Crippen LogP contribution is -2.25. The van der Waals surface area contributed by atoms with Crippen LogP contribution in [-0.4, -0.2) is 20.7 Å². The van der Waals surface area contributed by atoms with E-state index in [0.717, 1.165) is 22.8 Å². The Hall–Kier alpha value is -2.37. The molecule has 0 fully saturated rings. The van der Waals surface area contributed by atoms with Crippen molar-refractivity contribution in [2.45, 2.75) is 46.1 Å². The van der Waals surface area contributed by atoms with Crippen LogP contribution in [0.5, 0.6) is 0 Å². The summed E-state index contributed by atoms with van der Waals surface area (Å²) in [5.74, 6) is -0.0125. The highest BCUT2D eigenvalue weighted by atomic mass is 35.5. The Bertz CT molecular complexity index is 1010. The second-order valence-corrected chi connectivity index (χ2v) is 8.28. The highest BCUT2D eigenvalue weighted by Crippen LogP contribution is 2.32. The predicted molar refractivity (Wildman–Crippen MR) is 117 cm³/mol. The quantitative estimate of drug-likeness (QED) is 0.541. The van der Waals surface area contributed by atoms with Gasteiger partial charge in [0.25, 0.3) is 5.91 Å². The number of hydrogen-bond donors (Lipinski definition) is 1. The van der Waals surface area contributed by atoms with Gasteiger partial charge in [-0.25, -0.2) is 4.68 Å². The molecule has 0 atom stereocenters. The van der Waals surface area contributed by atoms with E-state index < -0.39 is 0 Å². The molecular weight excluding hydrogens is 407 g/mol. The van der Waals surface area contributed by atoms with Crippen molar-refractivity contribution in [2.75, 3.05) is 0 Å². The molecule has 5 nitrogen and oxygen atoms in total. The van der Waals surface area contributed by atoms with E-state index in [1.165, 1.54) is 0 Å². The number of nitrogens with zero attached hydrogens (tertiary/aromatic N) is 3. The number of carbonyl (C=O) groups excluding carboxylic acids is 1. The van der Waals surface area contributed by atoms with E-state index >= 15 is 0 Å². The predicted octanol–water partition coefficient (Wildman–Crippen LogP) is 5.75. The smallest absolute Gasteiger partial charge is 0.255 e. The van der Waals surface area contributed by atoms with Gasteiger partial charge in [-0.1, -0.05) is 57.0 Å². The number of pyridine rings is 1. The third-order valence-electron chi connectivity index (χ3n) is 4.57. The Morgan fingerprint density at radius 1 is 1.07 bits per heavy atom. The lowest BCUT2D eigenvalue weighted by atomic mass is 9.98. The zero-order chi connectivity index (χ0) is 21.1. The first-order valence-electron chi connectivity index (χ1n) is 9.56. The van der Waals surface area contributed by atoms with Crippen molar-refractivity contribution >= 4 is 29.1 Å². The van der Waals surface area contributed by atoms with Gasteiger partial charge in [-0.2, -0.15) is 5.10 Å². The maximum Gasteiger partial charge on any atom is 0.255 e. The summed E-state index contributed by atoms with van der Waals surface area (Å²) < 4.78 is 1.80. The van der Waals surface area contributed by atoms with Crippen molar-refractivity contribution in [3.8, 4) is 5.69 Å². The zero-order valence-corrected chi connectivity index (χ0v) is 18.4. The topological polar surface area (TPSA) is 59.8 Å². The van der Waals surface area contributed by atoms with Gasteiger partial charge in [-0.05, 0) is 42.2 Å². The van der Waals surface area contributed by atoms with Crippen LogP contribution in [-0.2, 0) is 6.54 Å². The van der Waals surface area contributed by atoms with Gasteiger partial charge in [-0.15, -0.1) is 0 Å². The Morgan fingerprint density at radius 3 is 2.41 bits per heavy atom. The van der Waals surface area contributed by atoms with Crippen molar-refractivity contribution in [1.29, 1.82) is 0 Å². The summed E-state index contributed by atoms with van der Waals surface area (Å²) >= 11 is 12.3. The number of amides is 1. The van der Waals surface area contributed by atoms with Crippen molar-refractivity contribution in [3.63, 3.8) is 0 Å². The number of carbonyl (C=O) groups is 1. The molecule has 3 rings (SSSR count). The van der Waals surface area contributed by atoms with Crippen LogP contribution in [0, 0.1) is 0 Å². The van der Waals surface area contributed by atoms with Crippen LogP contribution in [0.1, 0.15) is 67.0 Å². The molecular formula is C22H24Cl2N4O. The molecule has 1 aromatic carbocycles. The van der Waals surface area contributed by atoms with Gasteiger partial charge in [0.15, 0.2) is 0 Å². The van der Waals surface area contributed by atoms with Gasteiger partial charge in [0, 0.05) is 6.20 Å². The van der Waals surface area contributed by atoms with Gasteiger partial charge < -0.3 is 5.32 Å². The third kappa shape index (κ3) is 4.62. The molecule has 1 amide bonds. The summed E-state index contributed by atoms with van der Waals surface area (Å²) in [6.45, 7) is 8.50. The molecule has 0 bridgehead atoms. The molecule has 2 heterocycles. The standard InChI is InChI=1S/C22H24Cl2N4O/c1-13(2)20-19(22(29)26-12-15-7-5-6-10-25-15)21(14(3)4)28(27-20)16-8-9-17(23)18(24)11-16/h5-11,13-14H,12H2,1-4H3,(H,26,29). The molecule has 0 radical (unpaired) electrons. The van der Waals surface area contributed by atoms with Crippen molar-refractivity contribution in [3.05, 3.63) is 75.3 Å². The second-order valence-electron chi connectivity index (χ2n) is 7.47. The second kappa shape index (κ2) is 8.97. The molecule has 0 aliphatic carbocycles.